The third kappa shape index (κ3) is 4.73. The maximum absolute atomic E-state index is 6.83. The molecule has 0 saturated carbocycles. The van der Waals surface area contributed by atoms with Gasteiger partial charge in [0.15, 0.2) is 0 Å². The Morgan fingerprint density at radius 1 is 0.931 bits per heavy atom. The number of methoxy groups -OCH3 is 2. The van der Waals surface area contributed by atoms with Gasteiger partial charge in [0.25, 0.3) is 0 Å². The highest BCUT2D eigenvalue weighted by atomic mass is 16.5. The van der Waals surface area contributed by atoms with E-state index in [-0.39, 0.29) is 5.92 Å². The average Bonchev–Trinajstić information content (AvgIpc) is 2.77. The van der Waals surface area contributed by atoms with Crippen LogP contribution in [0.1, 0.15) is 37.8 Å². The van der Waals surface area contributed by atoms with Gasteiger partial charge in [-0.3, -0.25) is 0 Å². The first-order chi connectivity index (χ1) is 14.1. The van der Waals surface area contributed by atoms with Gasteiger partial charge >= 0.3 is 0 Å². The summed E-state index contributed by atoms with van der Waals surface area (Å²) in [6.45, 7) is 5.16. The van der Waals surface area contributed by atoms with Crippen LogP contribution in [0, 0.1) is 11.8 Å². The number of allylic oxidation sites excluding steroid dienone is 2. The van der Waals surface area contributed by atoms with Crippen molar-refractivity contribution in [3.63, 3.8) is 0 Å². The quantitative estimate of drug-likeness (QED) is 0.515. The zero-order valence-electron chi connectivity index (χ0n) is 17.9. The minimum absolute atomic E-state index is 0.157. The number of ether oxygens (including phenoxy) is 3. The summed E-state index contributed by atoms with van der Waals surface area (Å²) in [5.74, 6) is 2.49. The third-order valence-corrected chi connectivity index (χ3v) is 5.57. The second-order valence-electron chi connectivity index (χ2n) is 7.87. The molecule has 29 heavy (non-hydrogen) atoms. The van der Waals surface area contributed by atoms with Gasteiger partial charge in [0.05, 0.1) is 14.2 Å². The van der Waals surface area contributed by atoms with Crippen LogP contribution >= 0.6 is 0 Å². The Morgan fingerprint density at radius 2 is 1.62 bits per heavy atom. The lowest BCUT2D eigenvalue weighted by Crippen LogP contribution is -2.39. The molecule has 3 nitrogen and oxygen atoms in total. The second kappa shape index (κ2) is 9.80. The monoisotopic (exact) mass is 392 g/mol. The van der Waals surface area contributed by atoms with Crippen molar-refractivity contribution in [1.82, 2.24) is 0 Å². The Balaban J connectivity index is 2.10. The molecule has 3 heteroatoms. The van der Waals surface area contributed by atoms with E-state index >= 15 is 0 Å². The minimum atomic E-state index is -0.575. The molecule has 3 rings (SSSR count). The van der Waals surface area contributed by atoms with Gasteiger partial charge in [-0.1, -0.05) is 62.4 Å². The third-order valence-electron chi connectivity index (χ3n) is 5.57. The van der Waals surface area contributed by atoms with Crippen molar-refractivity contribution in [2.45, 2.75) is 32.3 Å². The Bertz CT molecular complexity index is 821. The summed E-state index contributed by atoms with van der Waals surface area (Å²) in [5.41, 5.74) is 1.73. The van der Waals surface area contributed by atoms with Crippen molar-refractivity contribution in [1.29, 1.82) is 0 Å². The predicted molar refractivity (Wildman–Crippen MR) is 118 cm³/mol. The summed E-state index contributed by atoms with van der Waals surface area (Å²) in [6.07, 6.45) is 8.30. The van der Waals surface area contributed by atoms with E-state index in [9.17, 15) is 0 Å². The van der Waals surface area contributed by atoms with Crippen molar-refractivity contribution < 1.29 is 14.2 Å². The molecule has 0 fully saturated rings. The fourth-order valence-electron chi connectivity index (χ4n) is 3.90. The lowest BCUT2D eigenvalue weighted by atomic mass is 9.73. The summed E-state index contributed by atoms with van der Waals surface area (Å²) in [4.78, 5) is 0. The van der Waals surface area contributed by atoms with E-state index in [4.69, 9.17) is 14.2 Å². The molecule has 0 heterocycles. The fourth-order valence-corrected chi connectivity index (χ4v) is 3.90. The van der Waals surface area contributed by atoms with Gasteiger partial charge in [-0.05, 0) is 54.2 Å². The normalized spacial score (nSPS) is 18.2. The summed E-state index contributed by atoms with van der Waals surface area (Å²) >= 11 is 0. The highest BCUT2D eigenvalue weighted by molar-refractivity contribution is 5.42. The Labute approximate surface area is 175 Å². The van der Waals surface area contributed by atoms with Gasteiger partial charge in [0.2, 0.25) is 0 Å². The van der Waals surface area contributed by atoms with E-state index in [1.807, 2.05) is 12.1 Å². The molecular formula is C26H32O3. The smallest absolute Gasteiger partial charge is 0.125 e. The molecule has 2 atom stereocenters. The van der Waals surface area contributed by atoms with Gasteiger partial charge in [-0.15, -0.1) is 0 Å². The highest BCUT2D eigenvalue weighted by Gasteiger charge is 2.42. The van der Waals surface area contributed by atoms with Crippen LogP contribution in [0.15, 0.2) is 78.6 Å². The van der Waals surface area contributed by atoms with Crippen molar-refractivity contribution in [2.75, 3.05) is 20.8 Å². The second-order valence-corrected chi connectivity index (χ2v) is 7.87. The Morgan fingerprint density at radius 3 is 2.17 bits per heavy atom. The van der Waals surface area contributed by atoms with Crippen molar-refractivity contribution in [3.8, 4) is 5.75 Å². The summed E-state index contributed by atoms with van der Waals surface area (Å²) < 4.78 is 17.6. The number of hydrogen-bond acceptors (Lipinski definition) is 3. The van der Waals surface area contributed by atoms with E-state index < -0.39 is 5.60 Å². The molecule has 0 spiro atoms. The summed E-state index contributed by atoms with van der Waals surface area (Å²) in [5, 5.41) is 0. The fraction of sp³-hybridized carbons (Fsp3) is 0.385. The first kappa shape index (κ1) is 21.2. The molecule has 0 aromatic heterocycles. The molecule has 1 aliphatic rings. The van der Waals surface area contributed by atoms with E-state index in [2.05, 4.69) is 74.5 Å². The molecule has 0 radical (unpaired) electrons. The average molecular weight is 393 g/mol. The predicted octanol–water partition coefficient (Wildman–Crippen LogP) is 6.11. The molecule has 0 bridgehead atoms. The SMILES string of the molecule is COC1=CCC(C(OCCC(C)C)(c2ccccc2)c2ccc(OC)cc2)C=C1. The summed E-state index contributed by atoms with van der Waals surface area (Å²) in [6, 6.07) is 18.9. The van der Waals surface area contributed by atoms with Gasteiger partial charge in [-0.2, -0.15) is 0 Å². The zero-order valence-corrected chi connectivity index (χ0v) is 17.9. The lowest BCUT2D eigenvalue weighted by molar-refractivity contribution is -0.0528. The van der Waals surface area contributed by atoms with E-state index in [0.29, 0.717) is 12.5 Å². The maximum Gasteiger partial charge on any atom is 0.125 e. The molecule has 2 aromatic rings. The number of hydrogen-bond donors (Lipinski definition) is 0. The Hall–Kier alpha value is -2.52. The molecule has 0 N–H and O–H groups in total. The molecule has 2 aromatic carbocycles. The maximum atomic E-state index is 6.83. The number of rotatable bonds is 9. The molecule has 2 unspecified atom stereocenters. The topological polar surface area (TPSA) is 27.7 Å². The molecule has 0 aliphatic heterocycles. The van der Waals surface area contributed by atoms with E-state index in [1.54, 1.807) is 14.2 Å². The molecular weight excluding hydrogens is 360 g/mol. The van der Waals surface area contributed by atoms with E-state index in [1.165, 1.54) is 0 Å². The number of benzene rings is 2. The van der Waals surface area contributed by atoms with Crippen molar-refractivity contribution >= 4 is 0 Å². The summed E-state index contributed by atoms with van der Waals surface area (Å²) in [7, 11) is 3.41. The first-order valence-electron chi connectivity index (χ1n) is 10.4. The molecule has 154 valence electrons. The highest BCUT2D eigenvalue weighted by Crippen LogP contribution is 2.45. The van der Waals surface area contributed by atoms with Crippen molar-refractivity contribution in [2.24, 2.45) is 11.8 Å². The zero-order chi connectivity index (χ0) is 20.7. The first-order valence-corrected chi connectivity index (χ1v) is 10.4. The van der Waals surface area contributed by atoms with Crippen molar-refractivity contribution in [3.05, 3.63) is 89.7 Å². The largest absolute Gasteiger partial charge is 0.497 e. The molecule has 0 amide bonds. The van der Waals surface area contributed by atoms with Crippen LogP contribution in [-0.2, 0) is 15.1 Å². The van der Waals surface area contributed by atoms with Crippen LogP contribution in [0.4, 0.5) is 0 Å². The lowest BCUT2D eigenvalue weighted by Gasteiger charge is -2.41. The van der Waals surface area contributed by atoms with Gasteiger partial charge in [-0.25, -0.2) is 0 Å². The Kier molecular flexibility index (Phi) is 7.16. The minimum Gasteiger partial charge on any atom is -0.497 e. The van der Waals surface area contributed by atoms with Crippen LogP contribution < -0.4 is 4.74 Å². The van der Waals surface area contributed by atoms with Crippen LogP contribution in [0.25, 0.3) is 0 Å². The van der Waals surface area contributed by atoms with Gasteiger partial charge in [0, 0.05) is 12.5 Å². The van der Waals surface area contributed by atoms with Gasteiger partial charge in [0.1, 0.15) is 17.1 Å². The van der Waals surface area contributed by atoms with Crippen LogP contribution in [0.5, 0.6) is 5.75 Å². The van der Waals surface area contributed by atoms with E-state index in [0.717, 1.165) is 35.5 Å². The molecule has 0 saturated heterocycles. The van der Waals surface area contributed by atoms with Crippen LogP contribution in [0.2, 0.25) is 0 Å². The van der Waals surface area contributed by atoms with Gasteiger partial charge < -0.3 is 14.2 Å². The van der Waals surface area contributed by atoms with Crippen LogP contribution in [-0.4, -0.2) is 20.8 Å². The standard InChI is InChI=1S/C26H32O3/c1-20(2)18-19-29-26(21-8-6-5-7-9-21,22-10-14-24(27-3)15-11-22)23-12-16-25(28-4)17-13-23/h5-12,14-17,20,23H,13,18-19H2,1-4H3. The van der Waals surface area contributed by atoms with Crippen LogP contribution in [0.3, 0.4) is 0 Å². The molecule has 1 aliphatic carbocycles.